The lowest BCUT2D eigenvalue weighted by molar-refractivity contribution is -0.120. The molecule has 1 aliphatic rings. The van der Waals surface area contributed by atoms with Crippen molar-refractivity contribution in [3.63, 3.8) is 0 Å². The van der Waals surface area contributed by atoms with Gasteiger partial charge in [-0.25, -0.2) is 12.7 Å². The Morgan fingerprint density at radius 1 is 1.45 bits per heavy atom. The molecule has 1 N–H and O–H groups in total. The molecular weight excluding hydrogens is 322 g/mol. The van der Waals surface area contributed by atoms with Gasteiger partial charge < -0.3 is 5.32 Å². The van der Waals surface area contributed by atoms with E-state index in [2.05, 4.69) is 9.69 Å². The number of nitrogens with zero attached hydrogens (tertiary/aromatic N) is 2. The molecule has 1 atom stereocenters. The van der Waals surface area contributed by atoms with Crippen LogP contribution in [0.5, 0.6) is 0 Å². The molecular formula is C14H17N3O3S2. The van der Waals surface area contributed by atoms with Crippen molar-refractivity contribution >= 4 is 43.2 Å². The van der Waals surface area contributed by atoms with Crippen molar-refractivity contribution in [3.05, 3.63) is 24.4 Å². The molecule has 1 fully saturated rings. The minimum atomic E-state index is -3.24. The van der Waals surface area contributed by atoms with Gasteiger partial charge in [0, 0.05) is 30.4 Å². The Morgan fingerprint density at radius 2 is 2.27 bits per heavy atom. The van der Waals surface area contributed by atoms with E-state index in [1.807, 2.05) is 18.2 Å². The van der Waals surface area contributed by atoms with E-state index in [1.54, 1.807) is 6.20 Å². The van der Waals surface area contributed by atoms with Crippen LogP contribution in [-0.2, 0) is 14.8 Å². The lowest BCUT2D eigenvalue weighted by Gasteiger charge is -2.30. The van der Waals surface area contributed by atoms with Gasteiger partial charge in [-0.2, -0.15) is 4.37 Å². The lowest BCUT2D eigenvalue weighted by atomic mass is 9.98. The fraction of sp³-hybridized carbons (Fsp3) is 0.429. The summed E-state index contributed by atoms with van der Waals surface area (Å²) in [5.41, 5.74) is 0.717. The number of amides is 1. The SMILES string of the molecule is CS(=O)(=O)N1CCCC(C(=O)Nc2ccc3sncc3c2)C1. The predicted molar refractivity (Wildman–Crippen MR) is 87.4 cm³/mol. The molecule has 1 saturated heterocycles. The highest BCUT2D eigenvalue weighted by Crippen LogP contribution is 2.24. The molecule has 6 nitrogen and oxygen atoms in total. The molecule has 1 aliphatic heterocycles. The highest BCUT2D eigenvalue weighted by Gasteiger charge is 2.30. The first-order chi connectivity index (χ1) is 10.4. The average Bonchev–Trinajstić information content (AvgIpc) is 2.94. The summed E-state index contributed by atoms with van der Waals surface area (Å²) in [4.78, 5) is 12.4. The maximum atomic E-state index is 12.4. The quantitative estimate of drug-likeness (QED) is 0.926. The van der Waals surface area contributed by atoms with Crippen LogP contribution in [0.2, 0.25) is 0 Å². The number of hydrogen-bond acceptors (Lipinski definition) is 5. The van der Waals surface area contributed by atoms with Crippen LogP contribution < -0.4 is 5.32 Å². The van der Waals surface area contributed by atoms with Crippen molar-refractivity contribution in [1.82, 2.24) is 8.68 Å². The molecule has 2 heterocycles. The number of anilines is 1. The monoisotopic (exact) mass is 339 g/mol. The molecule has 0 saturated carbocycles. The second-order valence-electron chi connectivity index (χ2n) is 5.53. The number of carbonyl (C=O) groups is 1. The number of carbonyl (C=O) groups excluding carboxylic acids is 1. The summed E-state index contributed by atoms with van der Waals surface area (Å²) in [5.74, 6) is -0.435. The van der Waals surface area contributed by atoms with Crippen LogP contribution in [0, 0.1) is 5.92 Å². The van der Waals surface area contributed by atoms with Crippen LogP contribution in [0.3, 0.4) is 0 Å². The Labute approximate surface area is 133 Å². The van der Waals surface area contributed by atoms with Crippen molar-refractivity contribution in [1.29, 1.82) is 0 Å². The number of sulfonamides is 1. The third-order valence-electron chi connectivity index (χ3n) is 3.84. The Balaban J connectivity index is 1.70. The molecule has 3 rings (SSSR count). The van der Waals surface area contributed by atoms with E-state index >= 15 is 0 Å². The van der Waals surface area contributed by atoms with Gasteiger partial charge in [-0.15, -0.1) is 0 Å². The van der Waals surface area contributed by atoms with Crippen LogP contribution in [0.1, 0.15) is 12.8 Å². The Bertz CT molecular complexity index is 801. The number of hydrogen-bond donors (Lipinski definition) is 1. The van der Waals surface area contributed by atoms with Crippen molar-refractivity contribution in [3.8, 4) is 0 Å². The molecule has 0 spiro atoms. The van der Waals surface area contributed by atoms with E-state index in [0.717, 1.165) is 10.1 Å². The molecule has 0 aliphatic carbocycles. The summed E-state index contributed by atoms with van der Waals surface area (Å²) in [6.45, 7) is 0.752. The van der Waals surface area contributed by atoms with Crippen LogP contribution >= 0.6 is 11.5 Å². The maximum Gasteiger partial charge on any atom is 0.228 e. The molecule has 2 aromatic rings. The highest BCUT2D eigenvalue weighted by molar-refractivity contribution is 7.88. The van der Waals surface area contributed by atoms with Crippen molar-refractivity contribution in [2.45, 2.75) is 12.8 Å². The molecule has 0 bridgehead atoms. The molecule has 22 heavy (non-hydrogen) atoms. The standard InChI is InChI=1S/C14H17N3O3S2/c1-22(19,20)17-6-2-3-10(9-17)14(18)16-12-4-5-13-11(7-12)8-15-21-13/h4-5,7-8,10H,2-3,6,9H2,1H3,(H,16,18). The Morgan fingerprint density at radius 3 is 3.05 bits per heavy atom. The van der Waals surface area contributed by atoms with Gasteiger partial charge in [0.25, 0.3) is 0 Å². The smallest absolute Gasteiger partial charge is 0.228 e. The molecule has 8 heteroatoms. The van der Waals surface area contributed by atoms with E-state index in [-0.39, 0.29) is 18.4 Å². The van der Waals surface area contributed by atoms with Crippen LogP contribution in [0.4, 0.5) is 5.69 Å². The maximum absolute atomic E-state index is 12.4. The summed E-state index contributed by atoms with van der Waals surface area (Å²) >= 11 is 1.41. The summed E-state index contributed by atoms with van der Waals surface area (Å²) in [6.07, 6.45) is 4.37. The second kappa shape index (κ2) is 5.94. The largest absolute Gasteiger partial charge is 0.326 e. The van der Waals surface area contributed by atoms with Crippen LogP contribution in [0.25, 0.3) is 10.1 Å². The molecule has 1 amide bonds. The lowest BCUT2D eigenvalue weighted by Crippen LogP contribution is -2.43. The number of piperidine rings is 1. The molecule has 0 radical (unpaired) electrons. The normalized spacial score (nSPS) is 20.1. The van der Waals surface area contributed by atoms with Crippen molar-refractivity contribution in [2.75, 3.05) is 24.7 Å². The Kier molecular flexibility index (Phi) is 4.16. The average molecular weight is 339 g/mol. The third kappa shape index (κ3) is 3.29. The van der Waals surface area contributed by atoms with Gasteiger partial charge in [0.05, 0.1) is 16.9 Å². The number of rotatable bonds is 3. The van der Waals surface area contributed by atoms with Gasteiger partial charge in [0.15, 0.2) is 0 Å². The van der Waals surface area contributed by atoms with Gasteiger partial charge in [0.2, 0.25) is 15.9 Å². The molecule has 1 aromatic heterocycles. The molecule has 1 aromatic carbocycles. The minimum absolute atomic E-state index is 0.129. The first kappa shape index (κ1) is 15.4. The summed E-state index contributed by atoms with van der Waals surface area (Å²) in [6, 6.07) is 5.65. The molecule has 118 valence electrons. The van der Waals surface area contributed by atoms with E-state index in [0.29, 0.717) is 25.1 Å². The predicted octanol–water partition coefficient (Wildman–Crippen LogP) is 1.91. The van der Waals surface area contributed by atoms with Gasteiger partial charge in [-0.05, 0) is 42.6 Å². The van der Waals surface area contributed by atoms with Gasteiger partial charge >= 0.3 is 0 Å². The second-order valence-corrected chi connectivity index (χ2v) is 8.34. The summed E-state index contributed by atoms with van der Waals surface area (Å²) < 4.78 is 29.8. The van der Waals surface area contributed by atoms with E-state index in [4.69, 9.17) is 0 Å². The first-order valence-corrected chi connectivity index (χ1v) is 9.66. The van der Waals surface area contributed by atoms with Crippen LogP contribution in [0.15, 0.2) is 24.4 Å². The molecule has 1 unspecified atom stereocenters. The number of benzene rings is 1. The van der Waals surface area contributed by atoms with Crippen molar-refractivity contribution in [2.24, 2.45) is 5.92 Å². The van der Waals surface area contributed by atoms with E-state index in [1.165, 1.54) is 22.1 Å². The fourth-order valence-corrected chi connectivity index (χ4v) is 4.19. The van der Waals surface area contributed by atoms with Gasteiger partial charge in [-0.3, -0.25) is 4.79 Å². The zero-order valence-electron chi connectivity index (χ0n) is 12.2. The minimum Gasteiger partial charge on any atom is -0.326 e. The third-order valence-corrected chi connectivity index (χ3v) is 5.89. The highest BCUT2D eigenvalue weighted by atomic mass is 32.2. The zero-order chi connectivity index (χ0) is 15.7. The first-order valence-electron chi connectivity index (χ1n) is 7.04. The van der Waals surface area contributed by atoms with Gasteiger partial charge in [-0.1, -0.05) is 0 Å². The number of nitrogens with one attached hydrogen (secondary N) is 1. The van der Waals surface area contributed by atoms with Gasteiger partial charge in [0.1, 0.15) is 0 Å². The number of fused-ring (bicyclic) bond motifs is 1. The van der Waals surface area contributed by atoms with E-state index < -0.39 is 10.0 Å². The topological polar surface area (TPSA) is 79.4 Å². The summed E-state index contributed by atoms with van der Waals surface area (Å²) in [7, 11) is -3.24. The van der Waals surface area contributed by atoms with E-state index in [9.17, 15) is 13.2 Å². The van der Waals surface area contributed by atoms with Crippen LogP contribution in [-0.4, -0.2) is 42.3 Å². The zero-order valence-corrected chi connectivity index (χ0v) is 13.8. The number of aromatic nitrogens is 1. The van der Waals surface area contributed by atoms with Crippen molar-refractivity contribution < 1.29 is 13.2 Å². The fourth-order valence-electron chi connectivity index (χ4n) is 2.65. The Hall–Kier alpha value is -1.51. The summed E-state index contributed by atoms with van der Waals surface area (Å²) in [5, 5.41) is 3.87.